The standard InChI is InChI=1S/C22H23FN2O3/c1-15(26)25-12-17-11-24(13-20(17)22(25)16-5-3-2-4-6-16)21(27)14-28-19-9-7-18(23)8-10-19/h2-10,17,20,22H,11-14H2,1H3/t17-,20-,22-/m1/s1. The molecule has 0 unspecified atom stereocenters. The quantitative estimate of drug-likeness (QED) is 0.817. The number of carbonyl (C=O) groups excluding carboxylic acids is 2. The Kier molecular flexibility index (Phi) is 5.03. The van der Waals surface area contributed by atoms with E-state index in [1.54, 1.807) is 6.92 Å². The molecule has 4 rings (SSSR count). The molecule has 5 nitrogen and oxygen atoms in total. The van der Waals surface area contributed by atoms with Crippen molar-refractivity contribution in [3.63, 3.8) is 0 Å². The van der Waals surface area contributed by atoms with Gasteiger partial charge in [-0.1, -0.05) is 30.3 Å². The third-order valence-corrected chi connectivity index (χ3v) is 5.74. The van der Waals surface area contributed by atoms with Gasteiger partial charge in [0.1, 0.15) is 11.6 Å². The summed E-state index contributed by atoms with van der Waals surface area (Å²) in [4.78, 5) is 28.5. The summed E-state index contributed by atoms with van der Waals surface area (Å²) in [5.41, 5.74) is 1.11. The molecule has 2 heterocycles. The van der Waals surface area contributed by atoms with E-state index in [9.17, 15) is 14.0 Å². The zero-order chi connectivity index (χ0) is 19.7. The van der Waals surface area contributed by atoms with Gasteiger partial charge in [0.05, 0.1) is 6.04 Å². The number of carbonyl (C=O) groups is 2. The lowest BCUT2D eigenvalue weighted by Crippen LogP contribution is -2.38. The minimum atomic E-state index is -0.340. The largest absolute Gasteiger partial charge is 0.484 e. The van der Waals surface area contributed by atoms with E-state index in [1.165, 1.54) is 24.3 Å². The minimum Gasteiger partial charge on any atom is -0.484 e. The van der Waals surface area contributed by atoms with Crippen LogP contribution in [0.3, 0.4) is 0 Å². The Labute approximate surface area is 163 Å². The summed E-state index contributed by atoms with van der Waals surface area (Å²) in [7, 11) is 0. The molecule has 28 heavy (non-hydrogen) atoms. The maximum atomic E-state index is 13.0. The van der Waals surface area contributed by atoms with Crippen LogP contribution in [-0.4, -0.2) is 47.9 Å². The van der Waals surface area contributed by atoms with Crippen LogP contribution in [0.1, 0.15) is 18.5 Å². The molecule has 2 fully saturated rings. The lowest BCUT2D eigenvalue weighted by Gasteiger charge is -2.29. The molecule has 2 saturated heterocycles. The molecule has 2 aromatic carbocycles. The van der Waals surface area contributed by atoms with E-state index in [1.807, 2.05) is 40.1 Å². The summed E-state index contributed by atoms with van der Waals surface area (Å²) in [5, 5.41) is 0. The van der Waals surface area contributed by atoms with Gasteiger partial charge in [0, 0.05) is 38.4 Å². The predicted octanol–water partition coefficient (Wildman–Crippen LogP) is 2.88. The number of benzene rings is 2. The number of rotatable bonds is 4. The molecular weight excluding hydrogens is 359 g/mol. The molecule has 2 aliphatic rings. The molecule has 0 spiro atoms. The predicted molar refractivity (Wildman–Crippen MR) is 102 cm³/mol. The number of nitrogens with zero attached hydrogens (tertiary/aromatic N) is 2. The molecule has 0 aromatic heterocycles. The van der Waals surface area contributed by atoms with Crippen molar-refractivity contribution in [3.05, 3.63) is 66.0 Å². The van der Waals surface area contributed by atoms with Crippen LogP contribution < -0.4 is 4.74 Å². The van der Waals surface area contributed by atoms with E-state index in [2.05, 4.69) is 0 Å². The summed E-state index contributed by atoms with van der Waals surface area (Å²) in [6.45, 7) is 3.44. The Morgan fingerprint density at radius 3 is 2.43 bits per heavy atom. The van der Waals surface area contributed by atoms with Crippen molar-refractivity contribution in [1.82, 2.24) is 9.80 Å². The number of hydrogen-bond donors (Lipinski definition) is 0. The summed E-state index contributed by atoms with van der Waals surface area (Å²) >= 11 is 0. The van der Waals surface area contributed by atoms with Crippen LogP contribution in [0, 0.1) is 17.7 Å². The molecule has 2 amide bonds. The first kappa shape index (κ1) is 18.5. The fourth-order valence-electron chi connectivity index (χ4n) is 4.42. The average molecular weight is 382 g/mol. The van der Waals surface area contributed by atoms with E-state index in [-0.39, 0.29) is 42.1 Å². The second kappa shape index (κ2) is 7.62. The maximum Gasteiger partial charge on any atom is 0.260 e. The van der Waals surface area contributed by atoms with Gasteiger partial charge < -0.3 is 14.5 Å². The number of amides is 2. The molecular formula is C22H23FN2O3. The highest BCUT2D eigenvalue weighted by Crippen LogP contribution is 2.44. The van der Waals surface area contributed by atoms with Gasteiger partial charge >= 0.3 is 0 Å². The molecule has 0 radical (unpaired) electrons. The Balaban J connectivity index is 1.43. The van der Waals surface area contributed by atoms with Gasteiger partial charge in [0.2, 0.25) is 5.91 Å². The topological polar surface area (TPSA) is 49.9 Å². The Morgan fingerprint density at radius 1 is 1.04 bits per heavy atom. The zero-order valence-electron chi connectivity index (χ0n) is 15.8. The third-order valence-electron chi connectivity index (χ3n) is 5.74. The third kappa shape index (κ3) is 3.59. The van der Waals surface area contributed by atoms with E-state index in [4.69, 9.17) is 4.74 Å². The van der Waals surface area contributed by atoms with Gasteiger partial charge in [0.15, 0.2) is 6.61 Å². The van der Waals surface area contributed by atoms with Crippen LogP contribution in [-0.2, 0) is 9.59 Å². The molecule has 0 saturated carbocycles. The number of fused-ring (bicyclic) bond motifs is 1. The molecule has 2 aromatic rings. The normalized spacial score (nSPS) is 23.6. The van der Waals surface area contributed by atoms with Crippen molar-refractivity contribution >= 4 is 11.8 Å². The van der Waals surface area contributed by atoms with Crippen molar-refractivity contribution in [1.29, 1.82) is 0 Å². The summed E-state index contributed by atoms with van der Waals surface area (Å²) in [6, 6.07) is 15.7. The number of likely N-dealkylation sites (tertiary alicyclic amines) is 2. The average Bonchev–Trinajstić information content (AvgIpc) is 3.26. The highest BCUT2D eigenvalue weighted by Gasteiger charge is 2.49. The van der Waals surface area contributed by atoms with Gasteiger partial charge in [-0.15, -0.1) is 0 Å². The Hall–Kier alpha value is -2.89. The van der Waals surface area contributed by atoms with Crippen molar-refractivity contribution in [2.45, 2.75) is 13.0 Å². The molecule has 0 bridgehead atoms. The van der Waals surface area contributed by atoms with E-state index < -0.39 is 0 Å². The summed E-state index contributed by atoms with van der Waals surface area (Å²) in [5.74, 6) is 0.609. The SMILES string of the molecule is CC(=O)N1C[C@H]2CN(C(=O)COc3ccc(F)cc3)C[C@H]2[C@H]1c1ccccc1. The first-order chi connectivity index (χ1) is 13.5. The molecule has 146 valence electrons. The van der Waals surface area contributed by atoms with Crippen molar-refractivity contribution < 1.29 is 18.7 Å². The van der Waals surface area contributed by atoms with Crippen molar-refractivity contribution in [2.24, 2.45) is 11.8 Å². The first-order valence-corrected chi connectivity index (χ1v) is 9.51. The fraction of sp³-hybridized carbons (Fsp3) is 0.364. The highest BCUT2D eigenvalue weighted by molar-refractivity contribution is 5.78. The number of ether oxygens (including phenoxy) is 1. The second-order valence-electron chi connectivity index (χ2n) is 7.49. The lowest BCUT2D eigenvalue weighted by atomic mass is 9.89. The molecule has 0 N–H and O–H groups in total. The van der Waals surface area contributed by atoms with E-state index in [0.717, 1.165) is 5.56 Å². The molecule has 0 aliphatic carbocycles. The van der Waals surface area contributed by atoms with Crippen LogP contribution in [0.2, 0.25) is 0 Å². The Morgan fingerprint density at radius 2 is 1.75 bits per heavy atom. The van der Waals surface area contributed by atoms with Crippen LogP contribution >= 0.6 is 0 Å². The summed E-state index contributed by atoms with van der Waals surface area (Å²) < 4.78 is 18.5. The van der Waals surface area contributed by atoms with Crippen LogP contribution in [0.25, 0.3) is 0 Å². The van der Waals surface area contributed by atoms with Gasteiger partial charge in [-0.2, -0.15) is 0 Å². The highest BCUT2D eigenvalue weighted by atomic mass is 19.1. The fourth-order valence-corrected chi connectivity index (χ4v) is 4.42. The Bertz CT molecular complexity index is 856. The van der Waals surface area contributed by atoms with E-state index >= 15 is 0 Å². The van der Waals surface area contributed by atoms with Gasteiger partial charge in [-0.25, -0.2) is 4.39 Å². The first-order valence-electron chi connectivity index (χ1n) is 9.51. The van der Waals surface area contributed by atoms with Gasteiger partial charge in [-0.05, 0) is 29.8 Å². The van der Waals surface area contributed by atoms with Crippen molar-refractivity contribution in [2.75, 3.05) is 26.2 Å². The van der Waals surface area contributed by atoms with Gasteiger partial charge in [0.25, 0.3) is 5.91 Å². The van der Waals surface area contributed by atoms with Crippen LogP contribution in [0.5, 0.6) is 5.75 Å². The molecule has 3 atom stereocenters. The molecule has 6 heteroatoms. The maximum absolute atomic E-state index is 13.0. The number of halogens is 1. The monoisotopic (exact) mass is 382 g/mol. The zero-order valence-corrected chi connectivity index (χ0v) is 15.8. The number of hydrogen-bond acceptors (Lipinski definition) is 3. The van der Waals surface area contributed by atoms with Crippen LogP contribution in [0.4, 0.5) is 4.39 Å². The van der Waals surface area contributed by atoms with Crippen LogP contribution in [0.15, 0.2) is 54.6 Å². The minimum absolute atomic E-state index is 0.000447. The summed E-state index contributed by atoms with van der Waals surface area (Å²) in [6.07, 6.45) is 0. The second-order valence-corrected chi connectivity index (χ2v) is 7.49. The lowest BCUT2D eigenvalue weighted by molar-refractivity contribution is -0.133. The van der Waals surface area contributed by atoms with Crippen molar-refractivity contribution in [3.8, 4) is 5.75 Å². The molecule has 2 aliphatic heterocycles. The smallest absolute Gasteiger partial charge is 0.260 e. The van der Waals surface area contributed by atoms with Gasteiger partial charge in [-0.3, -0.25) is 9.59 Å². The van der Waals surface area contributed by atoms with E-state index in [0.29, 0.717) is 25.4 Å².